The van der Waals surface area contributed by atoms with Gasteiger partial charge in [0.05, 0.1) is 15.8 Å². The fraction of sp³-hybridized carbons (Fsp3) is 0.353. The molecule has 1 aliphatic heterocycles. The monoisotopic (exact) mass is 459 g/mol. The largest absolute Gasteiger partial charge is 0.573 e. The van der Waals surface area contributed by atoms with Crippen LogP contribution in [0, 0.1) is 6.92 Å². The van der Waals surface area contributed by atoms with E-state index in [1.54, 1.807) is 13.1 Å². The Morgan fingerprint density at radius 1 is 1.07 bits per heavy atom. The van der Waals surface area contributed by atoms with Gasteiger partial charge in [-0.1, -0.05) is 11.3 Å². The second-order valence-electron chi connectivity index (χ2n) is 6.51. The van der Waals surface area contributed by atoms with Gasteiger partial charge >= 0.3 is 6.36 Å². The predicted molar refractivity (Wildman–Crippen MR) is 104 cm³/mol. The summed E-state index contributed by atoms with van der Waals surface area (Å²) in [7, 11) is -3.83. The Balaban J connectivity index is 1.44. The van der Waals surface area contributed by atoms with Gasteiger partial charge in [0, 0.05) is 26.2 Å². The summed E-state index contributed by atoms with van der Waals surface area (Å²) < 4.78 is 68.4. The van der Waals surface area contributed by atoms with E-state index in [9.17, 15) is 21.6 Å². The van der Waals surface area contributed by atoms with Gasteiger partial charge in [-0.05, 0) is 31.2 Å². The third-order valence-electron chi connectivity index (χ3n) is 4.46. The van der Waals surface area contributed by atoms with Gasteiger partial charge < -0.3 is 9.64 Å². The van der Waals surface area contributed by atoms with Crippen molar-refractivity contribution in [2.24, 2.45) is 0 Å². The fourth-order valence-electron chi connectivity index (χ4n) is 3.03. The van der Waals surface area contributed by atoms with Crippen LogP contribution in [-0.2, 0) is 10.0 Å². The Kier molecular flexibility index (Phi) is 5.28. The Morgan fingerprint density at radius 2 is 1.73 bits per heavy atom. The number of benzene rings is 1. The lowest BCUT2D eigenvalue weighted by Crippen LogP contribution is -2.48. The zero-order chi connectivity index (χ0) is 21.5. The molecule has 2 aromatic heterocycles. The Hall–Kier alpha value is -2.51. The molecule has 0 aliphatic carbocycles. The third-order valence-corrected chi connectivity index (χ3v) is 7.42. The lowest BCUT2D eigenvalue weighted by Gasteiger charge is -2.33. The zero-order valence-electron chi connectivity index (χ0n) is 15.6. The van der Waals surface area contributed by atoms with Gasteiger partial charge in [-0.25, -0.2) is 18.4 Å². The SMILES string of the molecule is Cc1ncc2sc(N3CCN(S(=O)(=O)c4ccc(OC(F)(F)F)cc4)CC3)nc2n1. The van der Waals surface area contributed by atoms with E-state index in [1.165, 1.54) is 15.6 Å². The first-order valence-electron chi connectivity index (χ1n) is 8.83. The van der Waals surface area contributed by atoms with E-state index in [4.69, 9.17) is 0 Å². The van der Waals surface area contributed by atoms with E-state index in [0.717, 1.165) is 34.1 Å². The molecule has 0 bridgehead atoms. The summed E-state index contributed by atoms with van der Waals surface area (Å²) in [6, 6.07) is 4.19. The van der Waals surface area contributed by atoms with Gasteiger partial charge in [-0.3, -0.25) is 0 Å². The number of fused-ring (bicyclic) bond motifs is 1. The average Bonchev–Trinajstić information content (AvgIpc) is 3.10. The minimum atomic E-state index is -4.83. The van der Waals surface area contributed by atoms with Crippen LogP contribution in [0.5, 0.6) is 5.75 Å². The number of thiazole rings is 1. The van der Waals surface area contributed by atoms with Crippen molar-refractivity contribution in [3.8, 4) is 5.75 Å². The van der Waals surface area contributed by atoms with Crippen molar-refractivity contribution in [3.63, 3.8) is 0 Å². The number of aryl methyl sites for hydroxylation is 1. The standard InChI is InChI=1S/C17H16F3N5O3S2/c1-11-21-10-14-15(22-11)23-16(29-14)24-6-8-25(9-7-24)30(26,27)13-4-2-12(3-5-13)28-17(18,19)20/h2-5,10H,6-9H2,1H3. The first kappa shape index (κ1) is 20.8. The smallest absolute Gasteiger partial charge is 0.406 e. The normalized spacial score (nSPS) is 16.2. The van der Waals surface area contributed by atoms with Gasteiger partial charge in [-0.15, -0.1) is 13.2 Å². The first-order valence-corrected chi connectivity index (χ1v) is 11.1. The second-order valence-corrected chi connectivity index (χ2v) is 9.46. The molecule has 3 heterocycles. The fourth-order valence-corrected chi connectivity index (χ4v) is 5.38. The molecule has 0 unspecified atom stereocenters. The molecule has 1 saturated heterocycles. The number of anilines is 1. The van der Waals surface area contributed by atoms with Crippen molar-refractivity contribution in [2.45, 2.75) is 18.2 Å². The van der Waals surface area contributed by atoms with Crippen LogP contribution in [0.1, 0.15) is 5.82 Å². The van der Waals surface area contributed by atoms with Crippen LogP contribution < -0.4 is 9.64 Å². The molecule has 160 valence electrons. The zero-order valence-corrected chi connectivity index (χ0v) is 17.3. The average molecular weight is 459 g/mol. The summed E-state index contributed by atoms with van der Waals surface area (Å²) in [4.78, 5) is 14.8. The number of rotatable bonds is 4. The summed E-state index contributed by atoms with van der Waals surface area (Å²) in [5.74, 6) is 0.155. The molecular formula is C17H16F3N5O3S2. The predicted octanol–water partition coefficient (Wildman–Crippen LogP) is 2.80. The number of piperazine rings is 1. The first-order chi connectivity index (χ1) is 14.1. The maximum atomic E-state index is 12.8. The molecule has 0 N–H and O–H groups in total. The van der Waals surface area contributed by atoms with Crippen molar-refractivity contribution in [1.29, 1.82) is 0 Å². The Bertz CT molecular complexity index is 1160. The minimum Gasteiger partial charge on any atom is -0.406 e. The van der Waals surface area contributed by atoms with E-state index in [1.807, 2.05) is 4.90 Å². The summed E-state index contributed by atoms with van der Waals surface area (Å²) in [5.41, 5.74) is 0.610. The molecule has 0 amide bonds. The minimum absolute atomic E-state index is 0.0868. The third kappa shape index (κ3) is 4.32. The van der Waals surface area contributed by atoms with Crippen LogP contribution >= 0.6 is 11.3 Å². The van der Waals surface area contributed by atoms with E-state index in [-0.39, 0.29) is 18.0 Å². The maximum Gasteiger partial charge on any atom is 0.573 e. The molecule has 8 nitrogen and oxygen atoms in total. The lowest BCUT2D eigenvalue weighted by molar-refractivity contribution is -0.274. The molecule has 0 spiro atoms. The quantitative estimate of drug-likeness (QED) is 0.593. The lowest BCUT2D eigenvalue weighted by atomic mass is 10.3. The number of aromatic nitrogens is 3. The highest BCUT2D eigenvalue weighted by Gasteiger charge is 2.32. The summed E-state index contributed by atoms with van der Waals surface area (Å²) in [6.07, 6.45) is -3.12. The van der Waals surface area contributed by atoms with Gasteiger partial charge in [0.1, 0.15) is 11.6 Å². The van der Waals surface area contributed by atoms with E-state index < -0.39 is 22.1 Å². The second kappa shape index (κ2) is 7.63. The summed E-state index contributed by atoms with van der Waals surface area (Å²) in [5, 5.41) is 0.746. The molecular weight excluding hydrogens is 443 g/mol. The van der Waals surface area contributed by atoms with Crippen molar-refractivity contribution in [2.75, 3.05) is 31.1 Å². The Morgan fingerprint density at radius 3 is 2.37 bits per heavy atom. The Labute approximate surface area is 174 Å². The molecule has 4 rings (SSSR count). The highest BCUT2D eigenvalue weighted by atomic mass is 32.2. The summed E-state index contributed by atoms with van der Waals surface area (Å²) in [6.45, 7) is 3.10. The van der Waals surface area contributed by atoms with Gasteiger partial charge in [-0.2, -0.15) is 9.29 Å². The van der Waals surface area contributed by atoms with Crippen LogP contribution in [0.15, 0.2) is 35.4 Å². The van der Waals surface area contributed by atoms with Crippen molar-refractivity contribution in [3.05, 3.63) is 36.3 Å². The van der Waals surface area contributed by atoms with Gasteiger partial charge in [0.15, 0.2) is 10.8 Å². The summed E-state index contributed by atoms with van der Waals surface area (Å²) >= 11 is 1.44. The van der Waals surface area contributed by atoms with Crippen molar-refractivity contribution >= 4 is 36.8 Å². The van der Waals surface area contributed by atoms with E-state index in [2.05, 4.69) is 19.7 Å². The van der Waals surface area contributed by atoms with Crippen molar-refractivity contribution < 1.29 is 26.3 Å². The van der Waals surface area contributed by atoms with Crippen LogP contribution in [-0.4, -0.2) is 60.2 Å². The van der Waals surface area contributed by atoms with Crippen LogP contribution in [0.2, 0.25) is 0 Å². The number of halogens is 3. The molecule has 3 aromatic rings. The van der Waals surface area contributed by atoms with Gasteiger partial charge in [0.2, 0.25) is 10.0 Å². The number of ether oxygens (including phenoxy) is 1. The molecule has 1 aromatic carbocycles. The molecule has 30 heavy (non-hydrogen) atoms. The van der Waals surface area contributed by atoms with Gasteiger partial charge in [0.25, 0.3) is 0 Å². The molecule has 0 radical (unpaired) electrons. The van der Waals surface area contributed by atoms with Crippen LogP contribution in [0.3, 0.4) is 0 Å². The number of hydrogen-bond donors (Lipinski definition) is 0. The topological polar surface area (TPSA) is 88.5 Å². The molecule has 1 fully saturated rings. The number of sulfonamides is 1. The number of nitrogens with zero attached hydrogens (tertiary/aromatic N) is 5. The maximum absolute atomic E-state index is 12.8. The molecule has 0 atom stereocenters. The molecule has 13 heteroatoms. The molecule has 0 saturated carbocycles. The van der Waals surface area contributed by atoms with Crippen LogP contribution in [0.25, 0.3) is 10.3 Å². The highest BCUT2D eigenvalue weighted by molar-refractivity contribution is 7.89. The number of hydrogen-bond acceptors (Lipinski definition) is 8. The van der Waals surface area contributed by atoms with Crippen molar-refractivity contribution in [1.82, 2.24) is 19.3 Å². The highest BCUT2D eigenvalue weighted by Crippen LogP contribution is 2.29. The number of alkyl halides is 3. The van der Waals surface area contributed by atoms with E-state index >= 15 is 0 Å². The molecule has 1 aliphatic rings. The van der Waals surface area contributed by atoms with Crippen LogP contribution in [0.4, 0.5) is 18.3 Å². The van der Waals surface area contributed by atoms with E-state index in [0.29, 0.717) is 24.6 Å².